The summed E-state index contributed by atoms with van der Waals surface area (Å²) >= 11 is 1.33. The number of carbonyl (C=O) groups excluding carboxylic acids is 1. The molecule has 5 nitrogen and oxygen atoms in total. The van der Waals surface area contributed by atoms with Gasteiger partial charge < -0.3 is 5.32 Å². The lowest BCUT2D eigenvalue weighted by atomic mass is 9.95. The maximum atomic E-state index is 13.6. The van der Waals surface area contributed by atoms with Gasteiger partial charge in [0.2, 0.25) is 0 Å². The van der Waals surface area contributed by atoms with Crippen LogP contribution < -0.4 is 20.2 Å². The molecule has 0 fully saturated rings. The Morgan fingerprint density at radius 1 is 0.943 bits per heavy atom. The van der Waals surface area contributed by atoms with Crippen LogP contribution in [0.25, 0.3) is 12.2 Å². The maximum absolute atomic E-state index is 13.6. The molecule has 0 unspecified atom stereocenters. The van der Waals surface area contributed by atoms with E-state index in [1.165, 1.54) is 11.3 Å². The molecule has 1 aliphatic rings. The Kier molecular flexibility index (Phi) is 6.37. The van der Waals surface area contributed by atoms with Crippen LogP contribution in [0.3, 0.4) is 0 Å². The molecule has 6 heteroatoms. The molecule has 1 N–H and O–H groups in total. The lowest BCUT2D eigenvalue weighted by Gasteiger charge is -2.25. The summed E-state index contributed by atoms with van der Waals surface area (Å²) in [5.41, 5.74) is 3.48. The summed E-state index contributed by atoms with van der Waals surface area (Å²) in [5.74, 6) is -0.274. The number of hydrogen-bond acceptors (Lipinski definition) is 4. The molecule has 5 rings (SSSR count). The quantitative estimate of drug-likeness (QED) is 0.459. The number of carbonyl (C=O) groups is 1. The van der Waals surface area contributed by atoms with Gasteiger partial charge in [0.25, 0.3) is 11.5 Å². The highest BCUT2D eigenvalue weighted by Gasteiger charge is 2.32. The largest absolute Gasteiger partial charge is 0.322 e. The first kappa shape index (κ1) is 22.5. The molecule has 0 spiro atoms. The Hall–Kier alpha value is -4.29. The number of thiazole rings is 1. The number of aromatic nitrogens is 1. The van der Waals surface area contributed by atoms with E-state index in [4.69, 9.17) is 0 Å². The maximum Gasteiger partial charge on any atom is 0.271 e. The number of rotatable bonds is 5. The Morgan fingerprint density at radius 2 is 1.57 bits per heavy atom. The van der Waals surface area contributed by atoms with Gasteiger partial charge in [-0.1, -0.05) is 102 Å². The molecular formula is C29H23N3O2S. The third-order valence-electron chi connectivity index (χ3n) is 5.75. The van der Waals surface area contributed by atoms with E-state index in [0.29, 0.717) is 26.3 Å². The van der Waals surface area contributed by atoms with Crippen LogP contribution in [0.2, 0.25) is 0 Å². The van der Waals surface area contributed by atoms with Crippen LogP contribution in [0.1, 0.15) is 24.1 Å². The lowest BCUT2D eigenvalue weighted by molar-refractivity contribution is -0.113. The smallest absolute Gasteiger partial charge is 0.271 e. The number of nitrogens with one attached hydrogen (secondary N) is 1. The normalized spacial score (nSPS) is 15.7. The molecule has 0 aliphatic carbocycles. The molecule has 1 amide bonds. The van der Waals surface area contributed by atoms with Crippen molar-refractivity contribution in [2.75, 3.05) is 5.32 Å². The molecule has 0 saturated carbocycles. The van der Waals surface area contributed by atoms with E-state index in [2.05, 4.69) is 10.3 Å². The van der Waals surface area contributed by atoms with Crippen molar-refractivity contribution in [2.24, 2.45) is 4.99 Å². The molecule has 1 atom stereocenters. The fraction of sp³-hybridized carbons (Fsp3) is 0.0690. The van der Waals surface area contributed by atoms with E-state index >= 15 is 0 Å². The second-order valence-corrected chi connectivity index (χ2v) is 9.11. The molecule has 1 aliphatic heterocycles. The Balaban J connectivity index is 1.60. The monoisotopic (exact) mass is 477 g/mol. The van der Waals surface area contributed by atoms with E-state index in [-0.39, 0.29) is 11.5 Å². The van der Waals surface area contributed by atoms with Gasteiger partial charge in [-0.3, -0.25) is 14.2 Å². The van der Waals surface area contributed by atoms with Crippen molar-refractivity contribution in [1.29, 1.82) is 0 Å². The van der Waals surface area contributed by atoms with Crippen LogP contribution >= 0.6 is 11.3 Å². The van der Waals surface area contributed by atoms with Crippen LogP contribution in [0.4, 0.5) is 5.69 Å². The van der Waals surface area contributed by atoms with Gasteiger partial charge in [0.05, 0.1) is 21.8 Å². The number of allylic oxidation sites excluding steroid dienone is 2. The van der Waals surface area contributed by atoms with E-state index < -0.39 is 6.04 Å². The number of fused-ring (bicyclic) bond motifs is 1. The van der Waals surface area contributed by atoms with Gasteiger partial charge in [-0.15, -0.1) is 0 Å². The van der Waals surface area contributed by atoms with Gasteiger partial charge in [-0.2, -0.15) is 0 Å². The summed E-state index contributed by atoms with van der Waals surface area (Å²) < 4.78 is 2.20. The zero-order valence-corrected chi connectivity index (χ0v) is 19.9. The van der Waals surface area contributed by atoms with Crippen LogP contribution in [-0.2, 0) is 4.79 Å². The molecule has 172 valence electrons. The zero-order chi connectivity index (χ0) is 24.2. The summed E-state index contributed by atoms with van der Waals surface area (Å²) in [6.45, 7) is 1.82. The molecule has 0 saturated heterocycles. The van der Waals surface area contributed by atoms with Gasteiger partial charge in [0.1, 0.15) is 0 Å². The third-order valence-corrected chi connectivity index (χ3v) is 6.75. The van der Waals surface area contributed by atoms with Crippen LogP contribution in [0.5, 0.6) is 0 Å². The summed E-state index contributed by atoms with van der Waals surface area (Å²) in [4.78, 5) is 32.3. The minimum Gasteiger partial charge on any atom is -0.322 e. The number of para-hydroxylation sites is 1. The summed E-state index contributed by atoms with van der Waals surface area (Å²) in [6, 6.07) is 28.2. The average molecular weight is 478 g/mol. The number of amides is 1. The molecule has 4 aromatic rings. The predicted molar refractivity (Wildman–Crippen MR) is 142 cm³/mol. The van der Waals surface area contributed by atoms with E-state index in [1.807, 2.05) is 116 Å². The fourth-order valence-corrected chi connectivity index (χ4v) is 5.11. The molecule has 0 radical (unpaired) electrons. The first-order chi connectivity index (χ1) is 17.1. The minimum absolute atomic E-state index is 0.169. The second kappa shape index (κ2) is 9.91. The number of nitrogens with zero attached hydrogens (tertiary/aromatic N) is 2. The van der Waals surface area contributed by atoms with Crippen LogP contribution in [0, 0.1) is 0 Å². The van der Waals surface area contributed by atoms with Crippen LogP contribution in [-0.4, -0.2) is 10.5 Å². The first-order valence-corrected chi connectivity index (χ1v) is 12.1. The molecule has 35 heavy (non-hydrogen) atoms. The first-order valence-electron chi connectivity index (χ1n) is 11.3. The summed E-state index contributed by atoms with van der Waals surface area (Å²) in [7, 11) is 0. The van der Waals surface area contributed by atoms with Gasteiger partial charge in [0.15, 0.2) is 4.80 Å². The second-order valence-electron chi connectivity index (χ2n) is 8.10. The molecular weight excluding hydrogens is 454 g/mol. The van der Waals surface area contributed by atoms with Crippen molar-refractivity contribution in [2.45, 2.75) is 13.0 Å². The number of anilines is 1. The minimum atomic E-state index is -0.573. The number of benzene rings is 3. The highest BCUT2D eigenvalue weighted by molar-refractivity contribution is 7.07. The Morgan fingerprint density at radius 3 is 2.26 bits per heavy atom. The summed E-state index contributed by atoms with van der Waals surface area (Å²) in [5, 5.41) is 2.96. The molecule has 2 heterocycles. The van der Waals surface area contributed by atoms with Crippen molar-refractivity contribution in [1.82, 2.24) is 4.57 Å². The van der Waals surface area contributed by atoms with E-state index in [0.717, 1.165) is 11.1 Å². The highest BCUT2D eigenvalue weighted by Crippen LogP contribution is 2.30. The van der Waals surface area contributed by atoms with Crippen LogP contribution in [0.15, 0.2) is 118 Å². The Labute approximate surface area is 206 Å². The molecule has 0 bridgehead atoms. The summed E-state index contributed by atoms with van der Waals surface area (Å²) in [6.07, 6.45) is 5.63. The highest BCUT2D eigenvalue weighted by atomic mass is 32.1. The zero-order valence-electron chi connectivity index (χ0n) is 19.1. The van der Waals surface area contributed by atoms with Gasteiger partial charge in [-0.05, 0) is 36.3 Å². The topological polar surface area (TPSA) is 63.5 Å². The SMILES string of the molecule is CC1=C(C(=O)Nc2ccccc2)[C@@H](c2ccccc2)n2c(sc(=C/C=C/c3ccccc3)c2=O)=N1. The van der Waals surface area contributed by atoms with Crippen molar-refractivity contribution in [3.8, 4) is 0 Å². The number of hydrogen-bond donors (Lipinski definition) is 1. The van der Waals surface area contributed by atoms with Crippen molar-refractivity contribution in [3.63, 3.8) is 0 Å². The van der Waals surface area contributed by atoms with Crippen molar-refractivity contribution in [3.05, 3.63) is 139 Å². The van der Waals surface area contributed by atoms with Gasteiger partial charge in [-0.25, -0.2) is 4.99 Å². The van der Waals surface area contributed by atoms with E-state index in [1.54, 1.807) is 4.57 Å². The standard InChI is InChI=1S/C29H23N3O2S/c1-20-25(27(33)31-23-17-9-4-10-18-23)26(22-15-7-3-8-16-22)32-28(34)24(35-29(32)30-20)19-11-14-21-12-5-2-6-13-21/h2-19,26H,1H3,(H,31,33)/b14-11+,24-19?/t26-/m1/s1. The van der Waals surface area contributed by atoms with Gasteiger partial charge in [0, 0.05) is 5.69 Å². The fourth-order valence-electron chi connectivity index (χ4n) is 4.11. The lowest BCUT2D eigenvalue weighted by Crippen LogP contribution is -2.40. The molecule has 1 aromatic heterocycles. The van der Waals surface area contributed by atoms with Crippen molar-refractivity contribution < 1.29 is 4.79 Å². The Bertz CT molecular complexity index is 1600. The average Bonchev–Trinajstić information content (AvgIpc) is 3.19. The predicted octanol–water partition coefficient (Wildman–Crippen LogP) is 4.54. The van der Waals surface area contributed by atoms with E-state index in [9.17, 15) is 9.59 Å². The van der Waals surface area contributed by atoms with Gasteiger partial charge >= 0.3 is 0 Å². The molecule has 3 aromatic carbocycles. The van der Waals surface area contributed by atoms with Crippen molar-refractivity contribution >= 4 is 35.1 Å². The third kappa shape index (κ3) is 4.69.